The van der Waals surface area contributed by atoms with E-state index < -0.39 is 0 Å². The van der Waals surface area contributed by atoms with Gasteiger partial charge in [-0.05, 0) is 60.1 Å². The molecule has 2 amide bonds. The van der Waals surface area contributed by atoms with Gasteiger partial charge in [-0.2, -0.15) is 0 Å². The Hall–Kier alpha value is -4.18. The first-order valence-corrected chi connectivity index (χ1v) is 15.4. The van der Waals surface area contributed by atoms with Gasteiger partial charge in [-0.1, -0.05) is 135 Å². The molecule has 0 bridgehead atoms. The van der Waals surface area contributed by atoms with E-state index in [2.05, 4.69) is 83.4 Å². The van der Waals surface area contributed by atoms with Crippen LogP contribution in [-0.4, -0.2) is 11.8 Å². The highest BCUT2D eigenvalue weighted by atomic mass is 16.2. The number of hydrogen-bond donors (Lipinski definition) is 2. The normalized spacial score (nSPS) is 12.3. The number of carbonyl (C=O) groups is 2. The van der Waals surface area contributed by atoms with Crippen LogP contribution in [0.3, 0.4) is 0 Å². The maximum Gasteiger partial charge on any atom is 0.220 e. The third-order valence-corrected chi connectivity index (χ3v) is 7.85. The third-order valence-electron chi connectivity index (χ3n) is 7.85. The molecule has 4 aromatic rings. The summed E-state index contributed by atoms with van der Waals surface area (Å²) in [5.74, 6) is 0.213. The van der Waals surface area contributed by atoms with Crippen LogP contribution in [0.2, 0.25) is 0 Å². The molecule has 4 rings (SSSR count). The molecule has 0 aliphatic rings. The molecule has 0 unspecified atom stereocenters. The highest BCUT2D eigenvalue weighted by Gasteiger charge is 2.11. The van der Waals surface area contributed by atoms with Gasteiger partial charge in [-0.15, -0.1) is 0 Å². The standard InChI is InChI=1S/C38H44N2O2/c1-29(31-21-25-35(26-22-31)33-15-9-7-10-16-33)39-37(41)19-13-5-3-4-6-14-20-38(42)40-30(2)32-23-27-36(28-24-32)34-17-11-8-12-18-34/h7-12,15-18,21-30H,3-6,13-14,19-20H2,1-2H3,(H,39,41)(H,40,42)/t29-,30+. The molecule has 218 valence electrons. The molecule has 0 fully saturated rings. The van der Waals surface area contributed by atoms with E-state index in [1.165, 1.54) is 22.3 Å². The number of carbonyl (C=O) groups excluding carboxylic acids is 2. The topological polar surface area (TPSA) is 58.2 Å². The Bertz CT molecular complexity index is 1260. The van der Waals surface area contributed by atoms with E-state index in [0.29, 0.717) is 12.8 Å². The van der Waals surface area contributed by atoms with Crippen LogP contribution in [0.1, 0.15) is 88.4 Å². The second-order valence-electron chi connectivity index (χ2n) is 11.2. The number of rotatable bonds is 15. The Morgan fingerprint density at radius 2 is 0.762 bits per heavy atom. The van der Waals surface area contributed by atoms with Gasteiger partial charge in [0.2, 0.25) is 11.8 Å². The largest absolute Gasteiger partial charge is 0.350 e. The van der Waals surface area contributed by atoms with Crippen LogP contribution < -0.4 is 10.6 Å². The van der Waals surface area contributed by atoms with E-state index in [0.717, 1.165) is 49.7 Å². The molecular formula is C38H44N2O2. The Morgan fingerprint density at radius 3 is 1.12 bits per heavy atom. The molecular weight excluding hydrogens is 516 g/mol. The first-order valence-electron chi connectivity index (χ1n) is 15.4. The van der Waals surface area contributed by atoms with Crippen molar-refractivity contribution in [2.24, 2.45) is 0 Å². The predicted octanol–water partition coefficient (Wildman–Crippen LogP) is 9.20. The molecule has 0 saturated carbocycles. The highest BCUT2D eigenvalue weighted by molar-refractivity contribution is 5.77. The molecule has 42 heavy (non-hydrogen) atoms. The summed E-state index contributed by atoms with van der Waals surface area (Å²) < 4.78 is 0. The fourth-order valence-corrected chi connectivity index (χ4v) is 5.26. The van der Waals surface area contributed by atoms with E-state index in [-0.39, 0.29) is 23.9 Å². The molecule has 4 heteroatoms. The highest BCUT2D eigenvalue weighted by Crippen LogP contribution is 2.23. The lowest BCUT2D eigenvalue weighted by Gasteiger charge is -2.15. The SMILES string of the molecule is C[C@H](NC(=O)CCCCCCCCC(=O)N[C@H](C)c1ccc(-c2ccccc2)cc1)c1ccc(-c2ccccc2)cc1. The first kappa shape index (κ1) is 30.8. The van der Waals surface area contributed by atoms with Gasteiger partial charge in [0.05, 0.1) is 12.1 Å². The quantitative estimate of drug-likeness (QED) is 0.142. The Balaban J connectivity index is 1.03. The average Bonchev–Trinajstić information content (AvgIpc) is 3.03. The average molecular weight is 561 g/mol. The molecule has 4 nitrogen and oxygen atoms in total. The molecule has 4 aromatic carbocycles. The van der Waals surface area contributed by atoms with Gasteiger partial charge in [-0.3, -0.25) is 9.59 Å². The van der Waals surface area contributed by atoms with E-state index in [4.69, 9.17) is 0 Å². The second-order valence-corrected chi connectivity index (χ2v) is 11.2. The maximum absolute atomic E-state index is 12.4. The summed E-state index contributed by atoms with van der Waals surface area (Å²) >= 11 is 0. The van der Waals surface area contributed by atoms with Gasteiger partial charge in [0, 0.05) is 12.8 Å². The van der Waals surface area contributed by atoms with Gasteiger partial charge in [0.15, 0.2) is 0 Å². The first-order chi connectivity index (χ1) is 20.5. The fraction of sp³-hybridized carbons (Fsp3) is 0.316. The lowest BCUT2D eigenvalue weighted by atomic mass is 10.0. The minimum absolute atomic E-state index is 0.00941. The number of nitrogens with one attached hydrogen (secondary N) is 2. The van der Waals surface area contributed by atoms with Crippen molar-refractivity contribution in [3.05, 3.63) is 120 Å². The zero-order valence-electron chi connectivity index (χ0n) is 25.0. The van der Waals surface area contributed by atoms with Crippen LogP contribution in [0.5, 0.6) is 0 Å². The number of unbranched alkanes of at least 4 members (excludes halogenated alkanes) is 5. The van der Waals surface area contributed by atoms with Gasteiger partial charge < -0.3 is 10.6 Å². The molecule has 0 aliphatic heterocycles. The summed E-state index contributed by atoms with van der Waals surface area (Å²) in [6.07, 6.45) is 7.16. The predicted molar refractivity (Wildman–Crippen MR) is 174 cm³/mol. The van der Waals surface area contributed by atoms with Gasteiger partial charge in [0.25, 0.3) is 0 Å². The van der Waals surface area contributed by atoms with E-state index in [1.54, 1.807) is 0 Å². The van der Waals surface area contributed by atoms with Crippen molar-refractivity contribution in [3.63, 3.8) is 0 Å². The van der Waals surface area contributed by atoms with Crippen molar-refractivity contribution >= 4 is 11.8 Å². The lowest BCUT2D eigenvalue weighted by molar-refractivity contribution is -0.122. The van der Waals surface area contributed by atoms with E-state index in [9.17, 15) is 9.59 Å². The minimum atomic E-state index is -0.00941. The van der Waals surface area contributed by atoms with Crippen LogP contribution in [0.4, 0.5) is 0 Å². The molecule has 0 aromatic heterocycles. The second kappa shape index (κ2) is 16.3. The van der Waals surface area contributed by atoms with Crippen molar-refractivity contribution in [2.75, 3.05) is 0 Å². The van der Waals surface area contributed by atoms with Gasteiger partial charge in [-0.25, -0.2) is 0 Å². The van der Waals surface area contributed by atoms with E-state index >= 15 is 0 Å². The van der Waals surface area contributed by atoms with Crippen molar-refractivity contribution < 1.29 is 9.59 Å². The van der Waals surface area contributed by atoms with Crippen molar-refractivity contribution in [1.29, 1.82) is 0 Å². The van der Waals surface area contributed by atoms with Crippen molar-refractivity contribution in [3.8, 4) is 22.3 Å². The van der Waals surface area contributed by atoms with Crippen molar-refractivity contribution in [2.45, 2.75) is 77.3 Å². The van der Waals surface area contributed by atoms with Crippen LogP contribution >= 0.6 is 0 Å². The van der Waals surface area contributed by atoms with Crippen LogP contribution in [0.25, 0.3) is 22.3 Å². The summed E-state index contributed by atoms with van der Waals surface area (Å²) in [6.45, 7) is 4.07. The number of hydrogen-bond acceptors (Lipinski definition) is 2. The molecule has 0 radical (unpaired) electrons. The monoisotopic (exact) mass is 560 g/mol. The van der Waals surface area contributed by atoms with Crippen molar-refractivity contribution in [1.82, 2.24) is 10.6 Å². The molecule has 2 atom stereocenters. The van der Waals surface area contributed by atoms with Crippen LogP contribution in [-0.2, 0) is 9.59 Å². The summed E-state index contributed by atoms with van der Waals surface area (Å²) in [6, 6.07) is 37.4. The Labute approximate surface area is 251 Å². The fourth-order valence-electron chi connectivity index (χ4n) is 5.26. The van der Waals surface area contributed by atoms with Gasteiger partial charge >= 0.3 is 0 Å². The van der Waals surface area contributed by atoms with Crippen LogP contribution in [0, 0.1) is 0 Å². The maximum atomic E-state index is 12.4. The summed E-state index contributed by atoms with van der Waals surface area (Å²) in [7, 11) is 0. The minimum Gasteiger partial charge on any atom is -0.350 e. The number of benzene rings is 4. The molecule has 2 N–H and O–H groups in total. The lowest BCUT2D eigenvalue weighted by Crippen LogP contribution is -2.26. The van der Waals surface area contributed by atoms with E-state index in [1.807, 2.05) is 50.2 Å². The van der Waals surface area contributed by atoms with Gasteiger partial charge in [0.1, 0.15) is 0 Å². The zero-order valence-corrected chi connectivity index (χ0v) is 25.0. The summed E-state index contributed by atoms with van der Waals surface area (Å²) in [5, 5.41) is 6.27. The molecule has 0 spiro atoms. The number of amides is 2. The third kappa shape index (κ3) is 9.73. The smallest absolute Gasteiger partial charge is 0.220 e. The molecule has 0 heterocycles. The van der Waals surface area contributed by atoms with Crippen LogP contribution in [0.15, 0.2) is 109 Å². The Morgan fingerprint density at radius 1 is 0.452 bits per heavy atom. The molecule has 0 aliphatic carbocycles. The Kier molecular flexibility index (Phi) is 11.9. The zero-order chi connectivity index (χ0) is 29.6. The molecule has 0 saturated heterocycles. The summed E-state index contributed by atoms with van der Waals surface area (Å²) in [5.41, 5.74) is 6.97. The summed E-state index contributed by atoms with van der Waals surface area (Å²) in [4.78, 5) is 24.9.